The van der Waals surface area contributed by atoms with Crippen LogP contribution in [0.15, 0.2) is 23.8 Å². The lowest BCUT2D eigenvalue weighted by atomic mass is 9.66. The van der Waals surface area contributed by atoms with Gasteiger partial charge in [0.2, 0.25) is 0 Å². The summed E-state index contributed by atoms with van der Waals surface area (Å²) in [6, 6.07) is 0. The van der Waals surface area contributed by atoms with Crippen LogP contribution in [-0.2, 0) is 19.1 Å². The number of cyclic esters (lactones) is 1. The van der Waals surface area contributed by atoms with Gasteiger partial charge >= 0.3 is 11.9 Å². The van der Waals surface area contributed by atoms with Crippen molar-refractivity contribution in [2.45, 2.75) is 83.7 Å². The summed E-state index contributed by atoms with van der Waals surface area (Å²) in [6.07, 6.45) is 7.31. The molecule has 0 amide bonds. The minimum Gasteiger partial charge on any atom is -0.462 e. The van der Waals surface area contributed by atoms with Crippen molar-refractivity contribution in [1.29, 1.82) is 0 Å². The van der Waals surface area contributed by atoms with Gasteiger partial charge in [0.05, 0.1) is 24.5 Å². The highest BCUT2D eigenvalue weighted by Crippen LogP contribution is 2.44. The maximum atomic E-state index is 12.5. The van der Waals surface area contributed by atoms with Crippen LogP contribution in [-0.4, -0.2) is 46.6 Å². The number of carbonyl (C=O) groups is 2. The molecule has 2 aliphatic carbocycles. The molecule has 0 radical (unpaired) electrons. The van der Waals surface area contributed by atoms with E-state index in [-0.39, 0.29) is 54.2 Å². The van der Waals surface area contributed by atoms with Gasteiger partial charge in [-0.2, -0.15) is 0 Å². The van der Waals surface area contributed by atoms with E-state index in [1.54, 1.807) is 0 Å². The van der Waals surface area contributed by atoms with Crippen molar-refractivity contribution < 1.29 is 29.3 Å². The molecule has 0 spiro atoms. The third-order valence-corrected chi connectivity index (χ3v) is 6.71. The Labute approximate surface area is 173 Å². The number of hydrogen-bond acceptors (Lipinski definition) is 6. The van der Waals surface area contributed by atoms with Gasteiger partial charge in [-0.05, 0) is 36.7 Å². The fourth-order valence-electron chi connectivity index (χ4n) is 4.84. The SMILES string of the molecule is CC[C@H](C)C(=O)OC1C[C@H](O)C=C2C=C[C@H](C)C(CCC3C[C@@H](O)CC(=O)O3)[C@H]21. The Morgan fingerprint density at radius 3 is 2.76 bits per heavy atom. The number of hydrogen-bond donors (Lipinski definition) is 2. The molecule has 3 rings (SSSR count). The van der Waals surface area contributed by atoms with Crippen molar-refractivity contribution >= 4 is 11.9 Å². The lowest BCUT2D eigenvalue weighted by Gasteiger charge is -2.43. The number of aliphatic hydroxyl groups is 2. The summed E-state index contributed by atoms with van der Waals surface area (Å²) in [5.41, 5.74) is 1.02. The quantitative estimate of drug-likeness (QED) is 0.659. The van der Waals surface area contributed by atoms with Crippen molar-refractivity contribution in [3.8, 4) is 0 Å². The lowest BCUT2D eigenvalue weighted by molar-refractivity contribution is -0.162. The summed E-state index contributed by atoms with van der Waals surface area (Å²) in [7, 11) is 0. The third-order valence-electron chi connectivity index (χ3n) is 6.71. The Kier molecular flexibility index (Phi) is 7.17. The number of rotatable bonds is 6. The zero-order valence-corrected chi connectivity index (χ0v) is 17.6. The zero-order valence-electron chi connectivity index (χ0n) is 17.6. The summed E-state index contributed by atoms with van der Waals surface area (Å²) in [5, 5.41) is 20.2. The van der Waals surface area contributed by atoms with Crippen molar-refractivity contribution in [3.63, 3.8) is 0 Å². The Morgan fingerprint density at radius 2 is 2.07 bits per heavy atom. The maximum absolute atomic E-state index is 12.5. The minimum absolute atomic E-state index is 0.0237. The van der Waals surface area contributed by atoms with Gasteiger partial charge in [0, 0.05) is 18.8 Å². The van der Waals surface area contributed by atoms with Gasteiger partial charge in [0.25, 0.3) is 0 Å². The summed E-state index contributed by atoms with van der Waals surface area (Å²) >= 11 is 0. The molecule has 6 heteroatoms. The van der Waals surface area contributed by atoms with E-state index < -0.39 is 12.2 Å². The number of carbonyl (C=O) groups excluding carboxylic acids is 2. The molecule has 1 aliphatic heterocycles. The van der Waals surface area contributed by atoms with E-state index in [0.717, 1.165) is 18.4 Å². The molecule has 1 heterocycles. The Balaban J connectivity index is 1.74. The first kappa shape index (κ1) is 22.0. The average molecular weight is 407 g/mol. The van der Waals surface area contributed by atoms with Crippen LogP contribution in [0, 0.1) is 23.7 Å². The predicted octanol–water partition coefficient (Wildman–Crippen LogP) is 2.92. The first-order valence-electron chi connectivity index (χ1n) is 10.9. The second kappa shape index (κ2) is 9.43. The van der Waals surface area contributed by atoms with Gasteiger partial charge in [-0.1, -0.05) is 39.0 Å². The van der Waals surface area contributed by atoms with Crippen molar-refractivity contribution in [3.05, 3.63) is 23.8 Å². The number of allylic oxidation sites excluding steroid dienone is 2. The van der Waals surface area contributed by atoms with Crippen molar-refractivity contribution in [2.24, 2.45) is 23.7 Å². The van der Waals surface area contributed by atoms with Crippen LogP contribution in [0.4, 0.5) is 0 Å². The van der Waals surface area contributed by atoms with E-state index in [9.17, 15) is 19.8 Å². The molecule has 1 saturated heterocycles. The molecule has 0 aromatic carbocycles. The van der Waals surface area contributed by atoms with E-state index in [2.05, 4.69) is 13.0 Å². The van der Waals surface area contributed by atoms with Gasteiger partial charge < -0.3 is 19.7 Å². The van der Waals surface area contributed by atoms with E-state index in [1.807, 2.05) is 26.0 Å². The summed E-state index contributed by atoms with van der Waals surface area (Å²) < 4.78 is 11.3. The molecule has 29 heavy (non-hydrogen) atoms. The van der Waals surface area contributed by atoms with Crippen LogP contribution in [0.25, 0.3) is 0 Å². The molecular formula is C23H34O6. The monoisotopic (exact) mass is 406 g/mol. The molecule has 3 unspecified atom stereocenters. The van der Waals surface area contributed by atoms with E-state index >= 15 is 0 Å². The molecular weight excluding hydrogens is 372 g/mol. The number of ether oxygens (including phenoxy) is 2. The third kappa shape index (κ3) is 5.28. The Morgan fingerprint density at radius 1 is 1.31 bits per heavy atom. The van der Waals surface area contributed by atoms with Crippen LogP contribution >= 0.6 is 0 Å². The smallest absolute Gasteiger partial charge is 0.308 e. The van der Waals surface area contributed by atoms with E-state index in [0.29, 0.717) is 19.3 Å². The molecule has 3 aliphatic rings. The fraction of sp³-hybridized carbons (Fsp3) is 0.739. The van der Waals surface area contributed by atoms with Crippen LogP contribution in [0.1, 0.15) is 59.3 Å². The molecule has 162 valence electrons. The average Bonchev–Trinajstić information content (AvgIpc) is 2.65. The van der Waals surface area contributed by atoms with Crippen molar-refractivity contribution in [1.82, 2.24) is 0 Å². The van der Waals surface area contributed by atoms with Crippen molar-refractivity contribution in [2.75, 3.05) is 0 Å². The second-order valence-electron chi connectivity index (χ2n) is 8.95. The molecule has 0 aromatic rings. The van der Waals surface area contributed by atoms with E-state index in [1.165, 1.54) is 0 Å². The molecule has 0 bridgehead atoms. The Hall–Kier alpha value is -1.66. The number of aliphatic hydroxyl groups excluding tert-OH is 2. The first-order chi connectivity index (χ1) is 13.8. The molecule has 8 atom stereocenters. The summed E-state index contributed by atoms with van der Waals surface area (Å²) in [4.78, 5) is 24.1. The summed E-state index contributed by atoms with van der Waals surface area (Å²) in [6.45, 7) is 5.97. The topological polar surface area (TPSA) is 93.1 Å². The highest BCUT2D eigenvalue weighted by molar-refractivity contribution is 5.72. The highest BCUT2D eigenvalue weighted by Gasteiger charge is 2.42. The maximum Gasteiger partial charge on any atom is 0.308 e. The van der Waals surface area contributed by atoms with Gasteiger partial charge in [-0.25, -0.2) is 0 Å². The fourth-order valence-corrected chi connectivity index (χ4v) is 4.84. The summed E-state index contributed by atoms with van der Waals surface area (Å²) in [5.74, 6) is -0.203. The molecule has 6 nitrogen and oxygen atoms in total. The van der Waals surface area contributed by atoms with Crippen LogP contribution < -0.4 is 0 Å². The molecule has 1 fully saturated rings. The standard InChI is InChI=1S/C23H34O6/c1-4-13(2)23(27)29-20-11-16(24)9-15-6-5-14(3)19(22(15)20)8-7-18-10-17(25)12-21(26)28-18/h5-6,9,13-14,16-20,22,24-25H,4,7-8,10-12H2,1-3H3/t13-,14-,16+,17+,18?,19?,20?,22-/m0/s1. The second-order valence-corrected chi connectivity index (χ2v) is 8.95. The first-order valence-corrected chi connectivity index (χ1v) is 10.9. The molecule has 0 aromatic heterocycles. The minimum atomic E-state index is -0.630. The predicted molar refractivity (Wildman–Crippen MR) is 108 cm³/mol. The molecule has 0 saturated carbocycles. The van der Waals surface area contributed by atoms with Gasteiger partial charge in [-0.3, -0.25) is 9.59 Å². The Bertz CT molecular complexity index is 668. The molecule has 2 N–H and O–H groups in total. The number of fused-ring (bicyclic) bond motifs is 1. The number of esters is 2. The van der Waals surface area contributed by atoms with Crippen LogP contribution in [0.3, 0.4) is 0 Å². The zero-order chi connectivity index (χ0) is 21.1. The highest BCUT2D eigenvalue weighted by atomic mass is 16.6. The van der Waals surface area contributed by atoms with Gasteiger partial charge in [0.15, 0.2) is 0 Å². The van der Waals surface area contributed by atoms with Crippen LogP contribution in [0.2, 0.25) is 0 Å². The van der Waals surface area contributed by atoms with Gasteiger partial charge in [0.1, 0.15) is 12.2 Å². The normalized spacial score (nSPS) is 37.9. The van der Waals surface area contributed by atoms with Crippen LogP contribution in [0.5, 0.6) is 0 Å². The largest absolute Gasteiger partial charge is 0.462 e. The lowest BCUT2D eigenvalue weighted by Crippen LogP contribution is -2.43. The van der Waals surface area contributed by atoms with E-state index in [4.69, 9.17) is 9.47 Å². The van der Waals surface area contributed by atoms with Gasteiger partial charge in [-0.15, -0.1) is 0 Å².